The molecule has 2 aliphatic rings. The fraction of sp³-hybridized carbons (Fsp3) is 0.464. The number of carbonyl (C=O) groups is 3. The molecule has 0 bridgehead atoms. The minimum Gasteiger partial charge on any atom is -0.481 e. The number of carboxylic acids is 1. The van der Waals surface area contributed by atoms with Crippen molar-refractivity contribution in [3.63, 3.8) is 0 Å². The third kappa shape index (κ3) is 6.02. The van der Waals surface area contributed by atoms with Crippen LogP contribution in [0.4, 0.5) is 4.79 Å². The average molecular weight is 479 g/mol. The molecule has 3 atom stereocenters. The number of fused-ring (bicyclic) bond motifs is 3. The van der Waals surface area contributed by atoms with Gasteiger partial charge in [-0.05, 0) is 47.9 Å². The first-order chi connectivity index (χ1) is 17.0. The van der Waals surface area contributed by atoms with Crippen LogP contribution >= 0.6 is 0 Å². The molecule has 0 radical (unpaired) electrons. The molecule has 3 N–H and O–H groups in total. The van der Waals surface area contributed by atoms with Crippen molar-refractivity contribution in [2.45, 2.75) is 69.9 Å². The highest BCUT2D eigenvalue weighted by Gasteiger charge is 2.32. The van der Waals surface area contributed by atoms with Gasteiger partial charge < -0.3 is 20.5 Å². The number of alkyl carbamates (subject to hydrolysis) is 1. The molecule has 0 spiro atoms. The molecule has 2 aromatic rings. The van der Waals surface area contributed by atoms with Crippen molar-refractivity contribution in [2.24, 2.45) is 5.92 Å². The summed E-state index contributed by atoms with van der Waals surface area (Å²) < 4.78 is 5.66. The van der Waals surface area contributed by atoms with Crippen LogP contribution in [0.1, 0.15) is 68.9 Å². The van der Waals surface area contributed by atoms with Crippen LogP contribution in [-0.4, -0.2) is 41.8 Å². The van der Waals surface area contributed by atoms with Gasteiger partial charge in [-0.2, -0.15) is 0 Å². The number of unbranched alkanes of at least 4 members (excludes halogenated alkanes) is 1. The highest BCUT2D eigenvalue weighted by molar-refractivity contribution is 5.80. The van der Waals surface area contributed by atoms with Crippen molar-refractivity contribution in [3.8, 4) is 11.1 Å². The molecule has 186 valence electrons. The van der Waals surface area contributed by atoms with Gasteiger partial charge in [0.15, 0.2) is 0 Å². The number of carbonyl (C=O) groups excluding carboxylic acids is 2. The Morgan fingerprint density at radius 3 is 2.29 bits per heavy atom. The summed E-state index contributed by atoms with van der Waals surface area (Å²) in [5, 5.41) is 15.0. The van der Waals surface area contributed by atoms with Crippen molar-refractivity contribution in [3.05, 3.63) is 59.7 Å². The summed E-state index contributed by atoms with van der Waals surface area (Å²) in [6, 6.07) is 15.9. The number of aliphatic carboxylic acids is 1. The van der Waals surface area contributed by atoms with E-state index in [4.69, 9.17) is 4.74 Å². The number of benzene rings is 2. The van der Waals surface area contributed by atoms with Gasteiger partial charge in [0.2, 0.25) is 5.91 Å². The van der Waals surface area contributed by atoms with Gasteiger partial charge in [-0.15, -0.1) is 0 Å². The van der Waals surface area contributed by atoms with Gasteiger partial charge in [0.05, 0.1) is 5.92 Å². The summed E-state index contributed by atoms with van der Waals surface area (Å²) in [4.78, 5) is 36.5. The first kappa shape index (κ1) is 24.8. The van der Waals surface area contributed by atoms with Gasteiger partial charge in [-0.25, -0.2) is 4.79 Å². The molecule has 2 aliphatic carbocycles. The van der Waals surface area contributed by atoms with Crippen molar-refractivity contribution in [2.75, 3.05) is 6.61 Å². The molecule has 2 aromatic carbocycles. The third-order valence-corrected chi connectivity index (χ3v) is 7.15. The van der Waals surface area contributed by atoms with Crippen LogP contribution in [0.2, 0.25) is 0 Å². The standard InChI is InChI=1S/C28H34N2O5/c1-2-3-8-19(16-26(31)29-20-14-13-18(15-20)27(32)33)30-28(34)35-17-25-23-11-6-4-9-21(23)22-10-5-7-12-24(22)25/h4-7,9-12,18-20,25H,2-3,8,13-17H2,1H3,(H,29,31)(H,30,34)(H,32,33)/t18-,19-,20+/m0/s1. The topological polar surface area (TPSA) is 105 Å². The minimum atomic E-state index is -0.806. The number of amides is 2. The maximum absolute atomic E-state index is 12.7. The van der Waals surface area contributed by atoms with Crippen molar-refractivity contribution < 1.29 is 24.2 Å². The van der Waals surface area contributed by atoms with E-state index in [0.29, 0.717) is 25.7 Å². The van der Waals surface area contributed by atoms with E-state index < -0.39 is 18.0 Å². The van der Waals surface area contributed by atoms with E-state index in [0.717, 1.165) is 24.0 Å². The first-order valence-corrected chi connectivity index (χ1v) is 12.6. The lowest BCUT2D eigenvalue weighted by Crippen LogP contribution is -2.42. The molecule has 1 fully saturated rings. The molecule has 1 saturated carbocycles. The molecule has 0 aliphatic heterocycles. The second-order valence-corrected chi connectivity index (χ2v) is 9.63. The normalized spacial score (nSPS) is 19.5. The summed E-state index contributed by atoms with van der Waals surface area (Å²) >= 11 is 0. The van der Waals surface area contributed by atoms with Gasteiger partial charge in [-0.1, -0.05) is 68.3 Å². The van der Waals surface area contributed by atoms with Gasteiger partial charge >= 0.3 is 12.1 Å². The smallest absolute Gasteiger partial charge is 0.407 e. The van der Waals surface area contributed by atoms with Crippen LogP contribution in [0.15, 0.2) is 48.5 Å². The lowest BCUT2D eigenvalue weighted by molar-refractivity contribution is -0.141. The molecule has 2 amide bonds. The Kier molecular flexibility index (Phi) is 8.06. The summed E-state index contributed by atoms with van der Waals surface area (Å²) in [5.74, 6) is -1.38. The zero-order valence-electron chi connectivity index (χ0n) is 20.2. The second-order valence-electron chi connectivity index (χ2n) is 9.63. The fourth-order valence-electron chi connectivity index (χ4n) is 5.33. The van der Waals surface area contributed by atoms with E-state index >= 15 is 0 Å². The molecule has 35 heavy (non-hydrogen) atoms. The average Bonchev–Trinajstić information content (AvgIpc) is 3.44. The zero-order valence-corrected chi connectivity index (χ0v) is 20.2. The predicted octanol–water partition coefficient (Wildman–Crippen LogP) is 4.84. The first-order valence-electron chi connectivity index (χ1n) is 12.6. The maximum atomic E-state index is 12.7. The second kappa shape index (κ2) is 11.4. The van der Waals surface area contributed by atoms with Crippen LogP contribution in [-0.2, 0) is 14.3 Å². The highest BCUT2D eigenvalue weighted by Crippen LogP contribution is 2.44. The lowest BCUT2D eigenvalue weighted by Gasteiger charge is -2.21. The van der Waals surface area contributed by atoms with Gasteiger partial charge in [0.25, 0.3) is 0 Å². The van der Waals surface area contributed by atoms with Crippen molar-refractivity contribution >= 4 is 18.0 Å². The lowest BCUT2D eigenvalue weighted by atomic mass is 9.98. The van der Waals surface area contributed by atoms with Crippen LogP contribution < -0.4 is 10.6 Å². The Hall–Kier alpha value is -3.35. The summed E-state index contributed by atoms with van der Waals surface area (Å²) in [7, 11) is 0. The van der Waals surface area contributed by atoms with Crippen LogP contribution in [0, 0.1) is 5.92 Å². The molecule has 0 aromatic heterocycles. The molecule has 4 rings (SSSR count). The number of hydrogen-bond donors (Lipinski definition) is 3. The van der Waals surface area contributed by atoms with E-state index in [9.17, 15) is 19.5 Å². The van der Waals surface area contributed by atoms with Gasteiger partial charge in [0.1, 0.15) is 6.61 Å². The highest BCUT2D eigenvalue weighted by atomic mass is 16.5. The summed E-state index contributed by atoms with van der Waals surface area (Å²) in [5.41, 5.74) is 4.65. The van der Waals surface area contributed by atoms with E-state index in [1.807, 2.05) is 24.3 Å². The summed E-state index contributed by atoms with van der Waals surface area (Å²) in [6.45, 7) is 2.29. The van der Waals surface area contributed by atoms with E-state index in [-0.39, 0.29) is 36.9 Å². The molecule has 0 saturated heterocycles. The number of ether oxygens (including phenoxy) is 1. The largest absolute Gasteiger partial charge is 0.481 e. The Labute approximate surface area is 206 Å². The minimum absolute atomic E-state index is 0.0184. The molecule has 0 heterocycles. The SMILES string of the molecule is CCCC[C@@H](CC(=O)N[C@@H]1CC[C@H](C(=O)O)C1)NC(=O)OCC1c2ccccc2-c2ccccc21. The number of rotatable bonds is 10. The Balaban J connectivity index is 1.32. The fourth-order valence-corrected chi connectivity index (χ4v) is 5.33. The monoisotopic (exact) mass is 478 g/mol. The molecular formula is C28H34N2O5. The Bertz CT molecular complexity index is 1020. The van der Waals surface area contributed by atoms with Gasteiger partial charge in [-0.3, -0.25) is 9.59 Å². The predicted molar refractivity (Wildman–Crippen MR) is 133 cm³/mol. The van der Waals surface area contributed by atoms with Gasteiger partial charge in [0, 0.05) is 24.4 Å². The van der Waals surface area contributed by atoms with Crippen molar-refractivity contribution in [1.29, 1.82) is 0 Å². The van der Waals surface area contributed by atoms with E-state index in [2.05, 4.69) is 41.8 Å². The Morgan fingerprint density at radius 1 is 1.03 bits per heavy atom. The number of nitrogens with one attached hydrogen (secondary N) is 2. The van der Waals surface area contributed by atoms with Crippen LogP contribution in [0.5, 0.6) is 0 Å². The zero-order chi connectivity index (χ0) is 24.8. The van der Waals surface area contributed by atoms with Crippen molar-refractivity contribution in [1.82, 2.24) is 10.6 Å². The van der Waals surface area contributed by atoms with Crippen LogP contribution in [0.3, 0.4) is 0 Å². The molecular weight excluding hydrogens is 444 g/mol. The van der Waals surface area contributed by atoms with E-state index in [1.165, 1.54) is 11.1 Å². The molecule has 0 unspecified atom stereocenters. The molecule has 7 heteroatoms. The van der Waals surface area contributed by atoms with E-state index in [1.54, 1.807) is 0 Å². The quantitative estimate of drug-likeness (QED) is 0.453. The number of carboxylic acid groups (broad SMARTS) is 1. The maximum Gasteiger partial charge on any atom is 0.407 e. The Morgan fingerprint density at radius 2 is 1.69 bits per heavy atom. The van der Waals surface area contributed by atoms with Crippen LogP contribution in [0.25, 0.3) is 11.1 Å². The number of hydrogen-bond acceptors (Lipinski definition) is 4. The molecule has 7 nitrogen and oxygen atoms in total. The third-order valence-electron chi connectivity index (χ3n) is 7.15. The summed E-state index contributed by atoms with van der Waals surface area (Å²) in [6.07, 6.45) is 3.85.